The van der Waals surface area contributed by atoms with Gasteiger partial charge in [0.2, 0.25) is 0 Å². The zero-order chi connectivity index (χ0) is 14.4. The summed E-state index contributed by atoms with van der Waals surface area (Å²) in [5.41, 5.74) is 2.26. The van der Waals surface area contributed by atoms with E-state index in [0.29, 0.717) is 0 Å². The molecule has 0 aliphatic carbocycles. The third-order valence-corrected chi connectivity index (χ3v) is 4.23. The molecule has 5 heteroatoms. The van der Waals surface area contributed by atoms with Crippen molar-refractivity contribution in [1.82, 2.24) is 15.3 Å². The minimum Gasteiger partial charge on any atom is -0.313 e. The number of nitrogens with one attached hydrogen (secondary N) is 1. The van der Waals surface area contributed by atoms with Crippen molar-refractivity contribution in [3.8, 4) is 0 Å². The molecule has 0 bridgehead atoms. The number of hydrogen-bond acceptors (Lipinski definition) is 4. The summed E-state index contributed by atoms with van der Waals surface area (Å²) in [5, 5.41) is 4.24. The lowest BCUT2D eigenvalue weighted by Crippen LogP contribution is -2.14. The van der Waals surface area contributed by atoms with E-state index in [1.807, 2.05) is 13.0 Å². The molecule has 1 aromatic carbocycles. The Hall–Kier alpha value is -0.910. The van der Waals surface area contributed by atoms with Crippen LogP contribution in [-0.2, 0) is 6.54 Å². The molecule has 0 aliphatic heterocycles. The van der Waals surface area contributed by atoms with Crippen molar-refractivity contribution in [2.45, 2.75) is 36.9 Å². The highest BCUT2D eigenvalue weighted by Gasteiger charge is 2.07. The molecule has 0 atom stereocenters. The van der Waals surface area contributed by atoms with E-state index in [0.717, 1.165) is 34.8 Å². The summed E-state index contributed by atoms with van der Waals surface area (Å²) in [4.78, 5) is 9.96. The van der Waals surface area contributed by atoms with Gasteiger partial charge < -0.3 is 5.32 Å². The molecule has 0 amide bonds. The van der Waals surface area contributed by atoms with Crippen LogP contribution in [0.2, 0.25) is 0 Å². The van der Waals surface area contributed by atoms with Crippen LogP contribution in [0.1, 0.15) is 24.6 Å². The topological polar surface area (TPSA) is 37.8 Å². The van der Waals surface area contributed by atoms with E-state index in [1.165, 1.54) is 10.5 Å². The fraction of sp³-hybridized carbons (Fsp3) is 0.333. The SMILES string of the molecule is CCCNCc1cc(Br)ccc1Sc1nccc(C)n1. The van der Waals surface area contributed by atoms with Crippen LogP contribution in [-0.4, -0.2) is 16.5 Å². The molecule has 0 saturated heterocycles. The number of rotatable bonds is 6. The molecule has 0 radical (unpaired) electrons. The van der Waals surface area contributed by atoms with Gasteiger partial charge in [0.15, 0.2) is 5.16 Å². The zero-order valence-electron chi connectivity index (χ0n) is 11.7. The Morgan fingerprint density at radius 2 is 2.15 bits per heavy atom. The average molecular weight is 352 g/mol. The van der Waals surface area contributed by atoms with E-state index in [9.17, 15) is 0 Å². The fourth-order valence-electron chi connectivity index (χ4n) is 1.76. The molecule has 1 heterocycles. The molecule has 0 aliphatic rings. The van der Waals surface area contributed by atoms with Gasteiger partial charge in [-0.05, 0) is 61.5 Å². The van der Waals surface area contributed by atoms with Crippen LogP contribution < -0.4 is 5.32 Å². The van der Waals surface area contributed by atoms with Gasteiger partial charge in [0, 0.05) is 27.8 Å². The molecule has 0 unspecified atom stereocenters. The summed E-state index contributed by atoms with van der Waals surface area (Å²) in [6.07, 6.45) is 2.94. The zero-order valence-corrected chi connectivity index (χ0v) is 14.1. The van der Waals surface area contributed by atoms with Crippen LogP contribution in [0.15, 0.2) is 45.0 Å². The summed E-state index contributed by atoms with van der Waals surface area (Å²) in [6, 6.07) is 8.24. The van der Waals surface area contributed by atoms with E-state index in [-0.39, 0.29) is 0 Å². The summed E-state index contributed by atoms with van der Waals surface area (Å²) in [6.45, 7) is 6.04. The van der Waals surface area contributed by atoms with Gasteiger partial charge in [-0.2, -0.15) is 0 Å². The Morgan fingerprint density at radius 3 is 2.90 bits per heavy atom. The van der Waals surface area contributed by atoms with Gasteiger partial charge in [0.05, 0.1) is 0 Å². The van der Waals surface area contributed by atoms with Crippen LogP contribution in [0.3, 0.4) is 0 Å². The molecular weight excluding hydrogens is 334 g/mol. The quantitative estimate of drug-likeness (QED) is 0.625. The van der Waals surface area contributed by atoms with Gasteiger partial charge in [0.25, 0.3) is 0 Å². The van der Waals surface area contributed by atoms with Crippen molar-refractivity contribution in [3.63, 3.8) is 0 Å². The molecule has 1 N–H and O–H groups in total. The molecule has 0 saturated carbocycles. The third-order valence-electron chi connectivity index (χ3n) is 2.74. The second kappa shape index (κ2) is 7.76. The number of halogens is 1. The van der Waals surface area contributed by atoms with Crippen LogP contribution in [0.4, 0.5) is 0 Å². The molecule has 2 aromatic rings. The standard InChI is InChI=1S/C15H18BrN3S/c1-3-7-17-10-12-9-13(16)4-5-14(12)20-15-18-8-6-11(2)19-15/h4-6,8-9,17H,3,7,10H2,1-2H3. The Labute approximate surface area is 132 Å². The van der Waals surface area contributed by atoms with Crippen LogP contribution >= 0.6 is 27.7 Å². The van der Waals surface area contributed by atoms with E-state index in [2.05, 4.69) is 56.3 Å². The highest BCUT2D eigenvalue weighted by Crippen LogP contribution is 2.30. The first-order valence-electron chi connectivity index (χ1n) is 6.65. The average Bonchev–Trinajstić information content (AvgIpc) is 2.42. The first kappa shape index (κ1) is 15.5. The highest BCUT2D eigenvalue weighted by atomic mass is 79.9. The van der Waals surface area contributed by atoms with E-state index in [4.69, 9.17) is 0 Å². The molecule has 2 rings (SSSR count). The Bertz CT molecular complexity index is 575. The number of aryl methyl sites for hydroxylation is 1. The van der Waals surface area contributed by atoms with E-state index >= 15 is 0 Å². The van der Waals surface area contributed by atoms with Gasteiger partial charge >= 0.3 is 0 Å². The van der Waals surface area contributed by atoms with Crippen molar-refractivity contribution >= 4 is 27.7 Å². The smallest absolute Gasteiger partial charge is 0.192 e. The van der Waals surface area contributed by atoms with Crippen molar-refractivity contribution in [1.29, 1.82) is 0 Å². The first-order valence-corrected chi connectivity index (χ1v) is 8.26. The molecule has 0 fully saturated rings. The maximum absolute atomic E-state index is 4.45. The summed E-state index contributed by atoms with van der Waals surface area (Å²) < 4.78 is 1.10. The van der Waals surface area contributed by atoms with Crippen LogP contribution in [0.25, 0.3) is 0 Å². The van der Waals surface area contributed by atoms with E-state index < -0.39 is 0 Å². The molecule has 106 valence electrons. The molecule has 1 aromatic heterocycles. The molecule has 3 nitrogen and oxygen atoms in total. The largest absolute Gasteiger partial charge is 0.313 e. The Morgan fingerprint density at radius 1 is 1.30 bits per heavy atom. The maximum atomic E-state index is 4.45. The first-order chi connectivity index (χ1) is 9.69. The van der Waals surface area contributed by atoms with Crippen molar-refractivity contribution in [3.05, 3.63) is 46.2 Å². The minimum absolute atomic E-state index is 0.795. The van der Waals surface area contributed by atoms with Gasteiger partial charge in [-0.1, -0.05) is 22.9 Å². The van der Waals surface area contributed by atoms with Crippen molar-refractivity contribution in [2.75, 3.05) is 6.54 Å². The predicted octanol–water partition coefficient (Wildman–Crippen LogP) is 4.20. The van der Waals surface area contributed by atoms with Gasteiger partial charge in [-0.15, -0.1) is 0 Å². The van der Waals surface area contributed by atoms with Gasteiger partial charge in [-0.25, -0.2) is 9.97 Å². The third kappa shape index (κ3) is 4.58. The number of hydrogen-bond donors (Lipinski definition) is 1. The second-order valence-corrected chi connectivity index (χ2v) is 6.44. The lowest BCUT2D eigenvalue weighted by Gasteiger charge is -2.10. The van der Waals surface area contributed by atoms with Crippen LogP contribution in [0, 0.1) is 6.92 Å². The predicted molar refractivity (Wildman–Crippen MR) is 87.0 cm³/mol. The normalized spacial score (nSPS) is 10.8. The monoisotopic (exact) mass is 351 g/mol. The fourth-order valence-corrected chi connectivity index (χ4v) is 3.07. The highest BCUT2D eigenvalue weighted by molar-refractivity contribution is 9.10. The number of benzene rings is 1. The molecular formula is C15H18BrN3S. The van der Waals surface area contributed by atoms with E-state index in [1.54, 1.807) is 18.0 Å². The lowest BCUT2D eigenvalue weighted by molar-refractivity contribution is 0.669. The van der Waals surface area contributed by atoms with Crippen molar-refractivity contribution in [2.24, 2.45) is 0 Å². The second-order valence-electron chi connectivity index (χ2n) is 4.51. The van der Waals surface area contributed by atoms with Crippen LogP contribution in [0.5, 0.6) is 0 Å². The van der Waals surface area contributed by atoms with Crippen molar-refractivity contribution < 1.29 is 0 Å². The Balaban J connectivity index is 2.17. The van der Waals surface area contributed by atoms with Gasteiger partial charge in [0.1, 0.15) is 0 Å². The summed E-state index contributed by atoms with van der Waals surface area (Å²) >= 11 is 5.15. The maximum Gasteiger partial charge on any atom is 0.192 e. The number of nitrogens with zero attached hydrogens (tertiary/aromatic N) is 2. The van der Waals surface area contributed by atoms with Gasteiger partial charge in [-0.3, -0.25) is 0 Å². The number of aromatic nitrogens is 2. The lowest BCUT2D eigenvalue weighted by atomic mass is 10.2. The minimum atomic E-state index is 0.795. The molecule has 0 spiro atoms. The summed E-state index contributed by atoms with van der Waals surface area (Å²) in [7, 11) is 0. The molecule has 20 heavy (non-hydrogen) atoms. The Kier molecular flexibility index (Phi) is 6.01. The summed E-state index contributed by atoms with van der Waals surface area (Å²) in [5.74, 6) is 0.